The van der Waals surface area contributed by atoms with Gasteiger partial charge in [0.15, 0.2) is 0 Å². The standard InChI is InChI=1S/C17H20N2O2/c1-17(2,13-7-5-4-6-8-13)11-15(20)19-14-9-10-16(21-3)18-12-14/h4-10,12H,11H2,1-3H3,(H,19,20). The van der Waals surface area contributed by atoms with Crippen molar-refractivity contribution < 1.29 is 9.53 Å². The quantitative estimate of drug-likeness (QED) is 0.915. The van der Waals surface area contributed by atoms with Crippen LogP contribution in [0.4, 0.5) is 5.69 Å². The Bertz CT molecular complexity index is 592. The molecule has 4 heteroatoms. The van der Waals surface area contributed by atoms with Crippen LogP contribution in [0, 0.1) is 0 Å². The normalized spacial score (nSPS) is 11.0. The van der Waals surface area contributed by atoms with Crippen molar-refractivity contribution in [1.82, 2.24) is 4.98 Å². The molecule has 0 saturated carbocycles. The Morgan fingerprint density at radius 1 is 1.19 bits per heavy atom. The summed E-state index contributed by atoms with van der Waals surface area (Å²) in [4.78, 5) is 16.3. The summed E-state index contributed by atoms with van der Waals surface area (Å²) >= 11 is 0. The molecule has 110 valence electrons. The van der Waals surface area contributed by atoms with Gasteiger partial charge in [-0.25, -0.2) is 4.98 Å². The zero-order chi connectivity index (χ0) is 15.3. The number of carbonyl (C=O) groups excluding carboxylic acids is 1. The number of hydrogen-bond acceptors (Lipinski definition) is 3. The minimum atomic E-state index is -0.217. The molecule has 0 saturated heterocycles. The van der Waals surface area contributed by atoms with Crippen LogP contribution in [-0.2, 0) is 10.2 Å². The van der Waals surface area contributed by atoms with Crippen LogP contribution in [0.5, 0.6) is 5.88 Å². The average Bonchev–Trinajstić information content (AvgIpc) is 2.48. The molecule has 2 rings (SSSR count). The van der Waals surface area contributed by atoms with Crippen molar-refractivity contribution in [2.24, 2.45) is 0 Å². The highest BCUT2D eigenvalue weighted by Crippen LogP contribution is 2.27. The fourth-order valence-electron chi connectivity index (χ4n) is 2.17. The van der Waals surface area contributed by atoms with Gasteiger partial charge in [0.1, 0.15) is 0 Å². The lowest BCUT2D eigenvalue weighted by atomic mass is 9.81. The van der Waals surface area contributed by atoms with Gasteiger partial charge in [-0.1, -0.05) is 44.2 Å². The fraction of sp³-hybridized carbons (Fsp3) is 0.294. The molecule has 1 N–H and O–H groups in total. The van der Waals surface area contributed by atoms with Crippen LogP contribution in [0.15, 0.2) is 48.7 Å². The lowest BCUT2D eigenvalue weighted by molar-refractivity contribution is -0.117. The highest BCUT2D eigenvalue weighted by molar-refractivity contribution is 5.91. The van der Waals surface area contributed by atoms with Crippen molar-refractivity contribution >= 4 is 11.6 Å². The van der Waals surface area contributed by atoms with Gasteiger partial charge in [-0.15, -0.1) is 0 Å². The molecule has 0 fully saturated rings. The summed E-state index contributed by atoms with van der Waals surface area (Å²) in [6.45, 7) is 4.13. The molecule has 1 aromatic carbocycles. The zero-order valence-electron chi connectivity index (χ0n) is 12.6. The van der Waals surface area contributed by atoms with Gasteiger partial charge in [-0.05, 0) is 17.0 Å². The molecular formula is C17H20N2O2. The third kappa shape index (κ3) is 4.05. The molecule has 0 aliphatic rings. The second-order valence-corrected chi connectivity index (χ2v) is 5.56. The van der Waals surface area contributed by atoms with Gasteiger partial charge in [0.25, 0.3) is 0 Å². The van der Waals surface area contributed by atoms with E-state index in [1.54, 1.807) is 25.4 Å². The second kappa shape index (κ2) is 6.39. The maximum absolute atomic E-state index is 12.2. The fourth-order valence-corrected chi connectivity index (χ4v) is 2.17. The number of nitrogens with zero attached hydrogens (tertiary/aromatic N) is 1. The monoisotopic (exact) mass is 284 g/mol. The van der Waals surface area contributed by atoms with Gasteiger partial charge >= 0.3 is 0 Å². The number of hydrogen-bond donors (Lipinski definition) is 1. The van der Waals surface area contributed by atoms with E-state index in [2.05, 4.69) is 24.1 Å². The number of ether oxygens (including phenoxy) is 1. The van der Waals surface area contributed by atoms with E-state index >= 15 is 0 Å². The van der Waals surface area contributed by atoms with Crippen molar-refractivity contribution in [1.29, 1.82) is 0 Å². The van der Waals surface area contributed by atoms with Gasteiger partial charge in [0, 0.05) is 12.5 Å². The summed E-state index contributed by atoms with van der Waals surface area (Å²) in [5.41, 5.74) is 1.60. The highest BCUT2D eigenvalue weighted by Gasteiger charge is 2.24. The van der Waals surface area contributed by atoms with E-state index < -0.39 is 0 Å². The molecule has 2 aromatic rings. The van der Waals surface area contributed by atoms with Crippen LogP contribution in [0.3, 0.4) is 0 Å². The average molecular weight is 284 g/mol. The Labute approximate surface area is 125 Å². The van der Waals surface area contributed by atoms with Gasteiger partial charge in [0.05, 0.1) is 19.0 Å². The summed E-state index contributed by atoms with van der Waals surface area (Å²) in [5.74, 6) is 0.494. The summed E-state index contributed by atoms with van der Waals surface area (Å²) in [6.07, 6.45) is 2.00. The van der Waals surface area contributed by atoms with Crippen molar-refractivity contribution in [2.45, 2.75) is 25.7 Å². The minimum absolute atomic E-state index is 0.0316. The van der Waals surface area contributed by atoms with E-state index in [1.165, 1.54) is 0 Å². The smallest absolute Gasteiger partial charge is 0.225 e. The number of carbonyl (C=O) groups is 1. The molecule has 0 spiro atoms. The van der Waals surface area contributed by atoms with Crippen molar-refractivity contribution in [3.05, 3.63) is 54.2 Å². The molecule has 0 unspecified atom stereocenters. The van der Waals surface area contributed by atoms with E-state index in [0.29, 0.717) is 18.0 Å². The molecule has 0 aliphatic heterocycles. The van der Waals surface area contributed by atoms with Gasteiger partial charge in [-0.3, -0.25) is 4.79 Å². The number of amides is 1. The van der Waals surface area contributed by atoms with Gasteiger partial charge < -0.3 is 10.1 Å². The second-order valence-electron chi connectivity index (χ2n) is 5.56. The molecule has 1 heterocycles. The number of pyridine rings is 1. The topological polar surface area (TPSA) is 51.2 Å². The number of methoxy groups -OCH3 is 1. The first-order valence-corrected chi connectivity index (χ1v) is 6.87. The van der Waals surface area contributed by atoms with E-state index in [9.17, 15) is 4.79 Å². The Kier molecular flexibility index (Phi) is 4.58. The van der Waals surface area contributed by atoms with E-state index in [-0.39, 0.29) is 11.3 Å². The van der Waals surface area contributed by atoms with Gasteiger partial charge in [0.2, 0.25) is 11.8 Å². The Hall–Kier alpha value is -2.36. The summed E-state index contributed by atoms with van der Waals surface area (Å²) in [5, 5.41) is 2.86. The maximum atomic E-state index is 12.2. The van der Waals surface area contributed by atoms with E-state index in [4.69, 9.17) is 4.74 Å². The molecule has 0 radical (unpaired) electrons. The Morgan fingerprint density at radius 2 is 1.90 bits per heavy atom. The number of anilines is 1. The number of nitrogens with one attached hydrogen (secondary N) is 1. The van der Waals surface area contributed by atoms with E-state index in [1.807, 2.05) is 30.3 Å². The highest BCUT2D eigenvalue weighted by atomic mass is 16.5. The maximum Gasteiger partial charge on any atom is 0.225 e. The van der Waals surface area contributed by atoms with Crippen LogP contribution in [0.25, 0.3) is 0 Å². The SMILES string of the molecule is COc1ccc(NC(=O)CC(C)(C)c2ccccc2)cn1. The number of rotatable bonds is 5. The minimum Gasteiger partial charge on any atom is -0.481 e. The summed E-state index contributed by atoms with van der Waals surface area (Å²) in [7, 11) is 1.56. The molecule has 0 aliphatic carbocycles. The van der Waals surface area contributed by atoms with Crippen molar-refractivity contribution in [3.63, 3.8) is 0 Å². The molecule has 0 atom stereocenters. The van der Waals surface area contributed by atoms with Crippen LogP contribution >= 0.6 is 0 Å². The molecule has 1 amide bonds. The summed E-state index contributed by atoms with van der Waals surface area (Å²) < 4.78 is 4.99. The van der Waals surface area contributed by atoms with Gasteiger partial charge in [-0.2, -0.15) is 0 Å². The first-order chi connectivity index (χ1) is 10.0. The first-order valence-electron chi connectivity index (χ1n) is 6.87. The molecule has 1 aromatic heterocycles. The largest absolute Gasteiger partial charge is 0.481 e. The predicted molar refractivity (Wildman–Crippen MR) is 83.5 cm³/mol. The molecule has 4 nitrogen and oxygen atoms in total. The van der Waals surface area contributed by atoms with Crippen LogP contribution < -0.4 is 10.1 Å². The number of aromatic nitrogens is 1. The van der Waals surface area contributed by atoms with Crippen LogP contribution in [0.1, 0.15) is 25.8 Å². The van der Waals surface area contributed by atoms with Crippen molar-refractivity contribution in [2.75, 3.05) is 12.4 Å². The molecular weight excluding hydrogens is 264 g/mol. The lowest BCUT2D eigenvalue weighted by Crippen LogP contribution is -2.25. The predicted octanol–water partition coefficient (Wildman–Crippen LogP) is 3.40. The zero-order valence-corrected chi connectivity index (χ0v) is 12.6. The summed E-state index contributed by atoms with van der Waals surface area (Å²) in [6, 6.07) is 13.5. The van der Waals surface area contributed by atoms with Crippen LogP contribution in [-0.4, -0.2) is 18.0 Å². The Morgan fingerprint density at radius 3 is 2.48 bits per heavy atom. The number of benzene rings is 1. The Balaban J connectivity index is 2.00. The first kappa shape index (κ1) is 15.0. The third-order valence-corrected chi connectivity index (χ3v) is 3.39. The van der Waals surface area contributed by atoms with Crippen molar-refractivity contribution in [3.8, 4) is 5.88 Å². The molecule has 21 heavy (non-hydrogen) atoms. The third-order valence-electron chi connectivity index (χ3n) is 3.39. The van der Waals surface area contributed by atoms with E-state index in [0.717, 1.165) is 5.56 Å². The molecule has 0 bridgehead atoms. The lowest BCUT2D eigenvalue weighted by Gasteiger charge is -2.24. The van der Waals surface area contributed by atoms with Crippen LogP contribution in [0.2, 0.25) is 0 Å².